The van der Waals surface area contributed by atoms with Crippen molar-refractivity contribution in [3.8, 4) is 5.75 Å². The molecule has 0 aromatic heterocycles. The summed E-state index contributed by atoms with van der Waals surface area (Å²) in [5, 5.41) is 3.13. The summed E-state index contributed by atoms with van der Waals surface area (Å²) >= 11 is 0. The second-order valence-electron chi connectivity index (χ2n) is 5.41. The fourth-order valence-corrected chi connectivity index (χ4v) is 2.52. The van der Waals surface area contributed by atoms with Gasteiger partial charge in [0, 0.05) is 11.1 Å². The molecule has 1 N–H and O–H groups in total. The van der Waals surface area contributed by atoms with Crippen LogP contribution in [-0.2, 0) is 0 Å². The highest BCUT2D eigenvalue weighted by atomic mass is 19.4. The van der Waals surface area contributed by atoms with Crippen molar-refractivity contribution in [2.45, 2.75) is 38.2 Å². The number of rotatable bonds is 6. The van der Waals surface area contributed by atoms with Gasteiger partial charge in [0.15, 0.2) is 0 Å². The highest BCUT2D eigenvalue weighted by Gasteiger charge is 2.38. The van der Waals surface area contributed by atoms with Gasteiger partial charge in [-0.2, -0.15) is 0 Å². The maximum atomic E-state index is 12.6. The minimum atomic E-state index is -4.70. The Hall–Kier alpha value is -1.27. The summed E-state index contributed by atoms with van der Waals surface area (Å²) < 4.78 is 41.9. The van der Waals surface area contributed by atoms with Gasteiger partial charge in [0.2, 0.25) is 0 Å². The van der Waals surface area contributed by atoms with E-state index in [1.165, 1.54) is 12.1 Å². The van der Waals surface area contributed by atoms with Gasteiger partial charge in [-0.15, -0.1) is 13.2 Å². The summed E-state index contributed by atoms with van der Waals surface area (Å²) in [7, 11) is 5.58. The number of nitrogens with zero attached hydrogens (tertiary/aromatic N) is 1. The largest absolute Gasteiger partial charge is 0.573 e. The third-order valence-corrected chi connectivity index (χ3v) is 4.10. The van der Waals surface area contributed by atoms with Crippen LogP contribution < -0.4 is 10.1 Å². The van der Waals surface area contributed by atoms with Gasteiger partial charge in [-0.05, 0) is 40.6 Å². The van der Waals surface area contributed by atoms with Crippen LogP contribution in [0.5, 0.6) is 5.75 Å². The molecule has 0 heterocycles. The molecule has 3 nitrogen and oxygen atoms in total. The molecule has 0 fully saturated rings. The first-order chi connectivity index (χ1) is 9.65. The molecule has 0 saturated carbocycles. The lowest BCUT2D eigenvalue weighted by Crippen LogP contribution is -2.50. The lowest BCUT2D eigenvalue weighted by Gasteiger charge is -2.43. The fourth-order valence-electron chi connectivity index (χ4n) is 2.52. The van der Waals surface area contributed by atoms with Gasteiger partial charge < -0.3 is 15.0 Å². The van der Waals surface area contributed by atoms with Gasteiger partial charge in [-0.25, -0.2) is 0 Å². The van der Waals surface area contributed by atoms with Crippen molar-refractivity contribution in [2.75, 3.05) is 21.1 Å². The molecular formula is C15H23F3N2O. The Bertz CT molecular complexity index is 462. The Morgan fingerprint density at radius 3 is 2.24 bits per heavy atom. The first-order valence-electron chi connectivity index (χ1n) is 6.85. The maximum Gasteiger partial charge on any atom is 0.573 e. The van der Waals surface area contributed by atoms with Crippen LogP contribution in [0.25, 0.3) is 0 Å². The molecule has 0 radical (unpaired) electrons. The van der Waals surface area contributed by atoms with E-state index in [0.29, 0.717) is 5.56 Å². The van der Waals surface area contributed by atoms with E-state index in [-0.39, 0.29) is 17.3 Å². The molecule has 1 rings (SSSR count). The van der Waals surface area contributed by atoms with Crippen molar-refractivity contribution in [2.24, 2.45) is 0 Å². The second-order valence-corrected chi connectivity index (χ2v) is 5.41. The highest BCUT2D eigenvalue weighted by molar-refractivity contribution is 5.38. The van der Waals surface area contributed by atoms with Crippen LogP contribution in [0.1, 0.15) is 31.9 Å². The van der Waals surface area contributed by atoms with E-state index in [1.54, 1.807) is 19.2 Å². The fraction of sp³-hybridized carbons (Fsp3) is 0.600. The van der Waals surface area contributed by atoms with Crippen LogP contribution in [-0.4, -0.2) is 37.9 Å². The third-order valence-electron chi connectivity index (χ3n) is 4.10. The average Bonchev–Trinajstić information content (AvgIpc) is 2.39. The first-order valence-corrected chi connectivity index (χ1v) is 6.85. The van der Waals surface area contributed by atoms with Crippen molar-refractivity contribution in [3.05, 3.63) is 29.8 Å². The van der Waals surface area contributed by atoms with E-state index < -0.39 is 6.36 Å². The summed E-state index contributed by atoms with van der Waals surface area (Å²) in [6, 6.07) is 5.97. The summed E-state index contributed by atoms with van der Waals surface area (Å²) in [6.07, 6.45) is -3.93. The normalized spacial score (nSPS) is 16.6. The lowest BCUT2D eigenvalue weighted by molar-refractivity contribution is -0.275. The van der Waals surface area contributed by atoms with Gasteiger partial charge in [0.05, 0.1) is 6.04 Å². The monoisotopic (exact) mass is 304 g/mol. The number of para-hydroxylation sites is 1. The molecule has 6 heteroatoms. The molecule has 1 aromatic rings. The number of hydrogen-bond acceptors (Lipinski definition) is 3. The predicted octanol–water partition coefficient (Wildman–Crippen LogP) is 3.58. The zero-order valence-electron chi connectivity index (χ0n) is 13.1. The first kappa shape index (κ1) is 17.8. The number of ether oxygens (including phenoxy) is 1. The summed E-state index contributed by atoms with van der Waals surface area (Å²) in [5.74, 6) is -0.161. The quantitative estimate of drug-likeness (QED) is 0.869. The standard InChI is InChI=1S/C15H23F3N2O/c1-6-14(2,20(4)5)13(19-3)11-9-7-8-10-12(11)21-15(16,17)18/h7-10,13,19H,6H2,1-5H3. The van der Waals surface area contributed by atoms with Crippen molar-refractivity contribution < 1.29 is 17.9 Å². The lowest BCUT2D eigenvalue weighted by atomic mass is 9.83. The van der Waals surface area contributed by atoms with Crippen LogP contribution in [0.2, 0.25) is 0 Å². The molecule has 1 aromatic carbocycles. The Labute approximate surface area is 124 Å². The number of hydrogen-bond donors (Lipinski definition) is 1. The number of nitrogens with one attached hydrogen (secondary N) is 1. The minimum absolute atomic E-state index is 0.161. The van der Waals surface area contributed by atoms with Crippen LogP contribution >= 0.6 is 0 Å². The molecular weight excluding hydrogens is 281 g/mol. The molecule has 0 saturated heterocycles. The topological polar surface area (TPSA) is 24.5 Å². The van der Waals surface area contributed by atoms with Crippen molar-refractivity contribution in [3.63, 3.8) is 0 Å². The third kappa shape index (κ3) is 4.11. The number of alkyl halides is 3. The predicted molar refractivity (Wildman–Crippen MR) is 77.3 cm³/mol. The van der Waals surface area contributed by atoms with E-state index in [4.69, 9.17) is 0 Å². The number of benzene rings is 1. The van der Waals surface area contributed by atoms with E-state index in [0.717, 1.165) is 6.42 Å². The number of likely N-dealkylation sites (N-methyl/N-ethyl adjacent to an activating group) is 2. The zero-order chi connectivity index (χ0) is 16.3. The minimum Gasteiger partial charge on any atom is -0.405 e. The molecule has 0 spiro atoms. The Morgan fingerprint density at radius 2 is 1.81 bits per heavy atom. The van der Waals surface area contributed by atoms with Crippen molar-refractivity contribution in [1.29, 1.82) is 0 Å². The Kier molecular flexibility index (Phi) is 5.64. The van der Waals surface area contributed by atoms with Crippen molar-refractivity contribution in [1.82, 2.24) is 10.2 Å². The van der Waals surface area contributed by atoms with Gasteiger partial charge in [0.1, 0.15) is 5.75 Å². The molecule has 0 aliphatic heterocycles. The molecule has 0 bridgehead atoms. The van der Waals surface area contributed by atoms with E-state index in [1.807, 2.05) is 32.8 Å². The SMILES string of the molecule is CCC(C)(C(NC)c1ccccc1OC(F)(F)F)N(C)C. The van der Waals surface area contributed by atoms with Gasteiger partial charge in [0.25, 0.3) is 0 Å². The van der Waals surface area contributed by atoms with Gasteiger partial charge in [-0.1, -0.05) is 25.1 Å². The van der Waals surface area contributed by atoms with Crippen LogP contribution in [0, 0.1) is 0 Å². The second kappa shape index (κ2) is 6.66. The zero-order valence-corrected chi connectivity index (χ0v) is 13.1. The average molecular weight is 304 g/mol. The van der Waals surface area contributed by atoms with Gasteiger partial charge >= 0.3 is 6.36 Å². The maximum absolute atomic E-state index is 12.6. The van der Waals surface area contributed by atoms with E-state index in [9.17, 15) is 13.2 Å². The molecule has 0 amide bonds. The summed E-state index contributed by atoms with van der Waals surface area (Å²) in [5.41, 5.74) is 0.148. The molecule has 0 aliphatic rings. The molecule has 21 heavy (non-hydrogen) atoms. The smallest absolute Gasteiger partial charge is 0.405 e. The molecule has 2 unspecified atom stereocenters. The van der Waals surface area contributed by atoms with E-state index >= 15 is 0 Å². The molecule has 120 valence electrons. The van der Waals surface area contributed by atoms with Crippen LogP contribution in [0.4, 0.5) is 13.2 Å². The van der Waals surface area contributed by atoms with Crippen LogP contribution in [0.3, 0.4) is 0 Å². The van der Waals surface area contributed by atoms with Crippen LogP contribution in [0.15, 0.2) is 24.3 Å². The summed E-state index contributed by atoms with van der Waals surface area (Å²) in [6.45, 7) is 4.02. The Morgan fingerprint density at radius 1 is 1.24 bits per heavy atom. The molecule has 0 aliphatic carbocycles. The molecule has 2 atom stereocenters. The van der Waals surface area contributed by atoms with Gasteiger partial charge in [-0.3, -0.25) is 0 Å². The van der Waals surface area contributed by atoms with Crippen molar-refractivity contribution >= 4 is 0 Å². The number of halogens is 3. The Balaban J connectivity index is 3.29. The summed E-state index contributed by atoms with van der Waals surface area (Å²) in [4.78, 5) is 2.01. The van der Waals surface area contributed by atoms with E-state index in [2.05, 4.69) is 10.1 Å². The highest BCUT2D eigenvalue weighted by Crippen LogP contribution is 2.38.